The summed E-state index contributed by atoms with van der Waals surface area (Å²) < 4.78 is 16.9. The highest BCUT2D eigenvalue weighted by molar-refractivity contribution is 5.94. The first-order valence-electron chi connectivity index (χ1n) is 9.78. The van der Waals surface area contributed by atoms with E-state index in [9.17, 15) is 4.79 Å². The zero-order valence-electron chi connectivity index (χ0n) is 17.3. The lowest BCUT2D eigenvalue weighted by Crippen LogP contribution is -2.22. The number of aromatic nitrogens is 1. The number of fused-ring (bicyclic) bond motifs is 1. The van der Waals surface area contributed by atoms with Crippen LogP contribution in [0.3, 0.4) is 0 Å². The van der Waals surface area contributed by atoms with Crippen molar-refractivity contribution in [3.05, 3.63) is 90.1 Å². The number of benzene rings is 3. The van der Waals surface area contributed by atoms with E-state index in [1.165, 1.54) is 0 Å². The van der Waals surface area contributed by atoms with Crippen molar-refractivity contribution >= 4 is 16.8 Å². The van der Waals surface area contributed by atoms with Crippen molar-refractivity contribution in [2.24, 2.45) is 0 Å². The zero-order chi connectivity index (χ0) is 21.6. The fourth-order valence-electron chi connectivity index (χ4n) is 3.24. The molecule has 3 aromatic carbocycles. The van der Waals surface area contributed by atoms with E-state index in [0.29, 0.717) is 40.6 Å². The predicted molar refractivity (Wildman–Crippen MR) is 119 cm³/mol. The number of hydrogen-bond donors (Lipinski definition) is 1. The van der Waals surface area contributed by atoms with Gasteiger partial charge in [-0.2, -0.15) is 0 Å². The third kappa shape index (κ3) is 4.59. The first kappa shape index (κ1) is 20.2. The van der Waals surface area contributed by atoms with Gasteiger partial charge in [-0.25, -0.2) is 0 Å². The molecular formula is C25H22N2O4. The third-order valence-electron chi connectivity index (χ3n) is 4.83. The van der Waals surface area contributed by atoms with Crippen molar-refractivity contribution in [2.45, 2.75) is 6.54 Å². The molecule has 1 heterocycles. The summed E-state index contributed by atoms with van der Waals surface area (Å²) >= 11 is 0. The van der Waals surface area contributed by atoms with Crippen LogP contribution in [-0.2, 0) is 6.54 Å². The molecule has 0 bridgehead atoms. The average Bonchev–Trinajstić information content (AvgIpc) is 2.82. The van der Waals surface area contributed by atoms with Gasteiger partial charge in [-0.3, -0.25) is 9.78 Å². The highest BCUT2D eigenvalue weighted by Gasteiger charge is 2.12. The molecule has 1 aromatic heterocycles. The molecule has 0 atom stereocenters. The minimum absolute atomic E-state index is 0.166. The van der Waals surface area contributed by atoms with Crippen LogP contribution in [0.1, 0.15) is 15.9 Å². The lowest BCUT2D eigenvalue weighted by molar-refractivity contribution is 0.0950. The van der Waals surface area contributed by atoms with Crippen molar-refractivity contribution < 1.29 is 19.0 Å². The summed E-state index contributed by atoms with van der Waals surface area (Å²) in [5.74, 6) is 2.17. The Bertz CT molecular complexity index is 1210. The summed E-state index contributed by atoms with van der Waals surface area (Å²) in [4.78, 5) is 17.0. The van der Waals surface area contributed by atoms with Gasteiger partial charge in [0.05, 0.1) is 19.7 Å². The van der Waals surface area contributed by atoms with Crippen LogP contribution in [-0.4, -0.2) is 25.1 Å². The Morgan fingerprint density at radius 3 is 2.42 bits per heavy atom. The van der Waals surface area contributed by atoms with Crippen LogP contribution in [0.5, 0.6) is 23.0 Å². The third-order valence-corrected chi connectivity index (χ3v) is 4.83. The summed E-state index contributed by atoms with van der Waals surface area (Å²) in [6.07, 6.45) is 1.67. The number of ether oxygens (including phenoxy) is 3. The van der Waals surface area contributed by atoms with Gasteiger partial charge in [0.15, 0.2) is 11.5 Å². The standard InChI is InChI=1S/C25H22N2O4/c1-29-23-14-20-21(15-24(23)30-2)26-12-11-22(20)31-19-10-6-9-18(13-19)25(28)27-16-17-7-4-3-5-8-17/h3-15H,16H2,1-2H3,(H,27,28). The number of hydrogen-bond acceptors (Lipinski definition) is 5. The number of carbonyl (C=O) groups is 1. The molecule has 0 unspecified atom stereocenters. The van der Waals surface area contributed by atoms with Gasteiger partial charge in [-0.05, 0) is 35.9 Å². The Balaban J connectivity index is 1.56. The number of pyridine rings is 1. The van der Waals surface area contributed by atoms with Gasteiger partial charge in [0, 0.05) is 29.8 Å². The van der Waals surface area contributed by atoms with E-state index >= 15 is 0 Å². The largest absolute Gasteiger partial charge is 0.493 e. The minimum atomic E-state index is -0.166. The fourth-order valence-corrected chi connectivity index (χ4v) is 3.24. The molecule has 4 aromatic rings. The van der Waals surface area contributed by atoms with E-state index in [0.717, 1.165) is 10.9 Å². The quantitative estimate of drug-likeness (QED) is 0.462. The second-order valence-corrected chi connectivity index (χ2v) is 6.83. The first-order valence-corrected chi connectivity index (χ1v) is 9.78. The number of methoxy groups -OCH3 is 2. The van der Waals surface area contributed by atoms with E-state index in [4.69, 9.17) is 14.2 Å². The Labute approximate surface area is 180 Å². The predicted octanol–water partition coefficient (Wildman–Crippen LogP) is 4.97. The molecule has 6 nitrogen and oxygen atoms in total. The van der Waals surface area contributed by atoms with Gasteiger partial charge in [0.2, 0.25) is 0 Å². The molecule has 0 aliphatic heterocycles. The average molecular weight is 414 g/mol. The Morgan fingerprint density at radius 1 is 0.871 bits per heavy atom. The van der Waals surface area contributed by atoms with Crippen molar-refractivity contribution in [1.29, 1.82) is 0 Å². The van der Waals surface area contributed by atoms with Crippen LogP contribution in [0.25, 0.3) is 10.9 Å². The Kier molecular flexibility index (Phi) is 5.98. The topological polar surface area (TPSA) is 69.7 Å². The lowest BCUT2D eigenvalue weighted by atomic mass is 10.1. The van der Waals surface area contributed by atoms with Crippen LogP contribution in [0.4, 0.5) is 0 Å². The van der Waals surface area contributed by atoms with Crippen molar-refractivity contribution in [3.63, 3.8) is 0 Å². The molecule has 4 rings (SSSR count). The van der Waals surface area contributed by atoms with Gasteiger partial charge >= 0.3 is 0 Å². The van der Waals surface area contributed by atoms with Crippen LogP contribution in [0, 0.1) is 0 Å². The monoisotopic (exact) mass is 414 g/mol. The van der Waals surface area contributed by atoms with Crippen molar-refractivity contribution in [1.82, 2.24) is 10.3 Å². The molecule has 0 spiro atoms. The molecule has 6 heteroatoms. The van der Waals surface area contributed by atoms with E-state index in [1.54, 1.807) is 56.8 Å². The smallest absolute Gasteiger partial charge is 0.251 e. The Morgan fingerprint density at radius 2 is 1.65 bits per heavy atom. The van der Waals surface area contributed by atoms with Crippen molar-refractivity contribution in [3.8, 4) is 23.0 Å². The molecule has 1 amide bonds. The lowest BCUT2D eigenvalue weighted by Gasteiger charge is -2.13. The molecule has 0 fully saturated rings. The molecular weight excluding hydrogens is 392 g/mol. The number of rotatable bonds is 7. The van der Waals surface area contributed by atoms with E-state index in [2.05, 4.69) is 10.3 Å². The first-order chi connectivity index (χ1) is 15.2. The highest BCUT2D eigenvalue weighted by atomic mass is 16.5. The van der Waals surface area contributed by atoms with Crippen LogP contribution in [0.2, 0.25) is 0 Å². The van der Waals surface area contributed by atoms with E-state index in [-0.39, 0.29) is 5.91 Å². The fraction of sp³-hybridized carbons (Fsp3) is 0.120. The summed E-state index contributed by atoms with van der Waals surface area (Å²) in [6, 6.07) is 22.2. The molecule has 0 aliphatic carbocycles. The molecule has 0 aliphatic rings. The summed E-state index contributed by atoms with van der Waals surface area (Å²) in [5, 5.41) is 3.71. The zero-order valence-corrected chi connectivity index (χ0v) is 17.3. The number of nitrogens with one attached hydrogen (secondary N) is 1. The van der Waals surface area contributed by atoms with E-state index in [1.807, 2.05) is 36.4 Å². The molecule has 31 heavy (non-hydrogen) atoms. The minimum Gasteiger partial charge on any atom is -0.493 e. The second-order valence-electron chi connectivity index (χ2n) is 6.83. The van der Waals surface area contributed by atoms with Gasteiger partial charge in [-0.15, -0.1) is 0 Å². The number of nitrogens with zero attached hydrogens (tertiary/aromatic N) is 1. The SMILES string of the molecule is COc1cc2nccc(Oc3cccc(C(=O)NCc4ccccc4)c3)c2cc1OC. The molecule has 1 N–H and O–H groups in total. The van der Waals surface area contributed by atoms with Gasteiger partial charge in [-0.1, -0.05) is 36.4 Å². The Hall–Kier alpha value is -4.06. The summed E-state index contributed by atoms with van der Waals surface area (Å²) in [7, 11) is 3.16. The van der Waals surface area contributed by atoms with Crippen LogP contribution >= 0.6 is 0 Å². The number of amides is 1. The van der Waals surface area contributed by atoms with Crippen LogP contribution < -0.4 is 19.5 Å². The van der Waals surface area contributed by atoms with Crippen LogP contribution in [0.15, 0.2) is 79.0 Å². The van der Waals surface area contributed by atoms with Crippen molar-refractivity contribution in [2.75, 3.05) is 14.2 Å². The molecule has 156 valence electrons. The molecule has 0 radical (unpaired) electrons. The maximum absolute atomic E-state index is 12.6. The maximum Gasteiger partial charge on any atom is 0.251 e. The summed E-state index contributed by atoms with van der Waals surface area (Å²) in [5.41, 5.74) is 2.27. The summed E-state index contributed by atoms with van der Waals surface area (Å²) in [6.45, 7) is 0.460. The normalized spacial score (nSPS) is 10.5. The van der Waals surface area contributed by atoms with Gasteiger partial charge in [0.1, 0.15) is 11.5 Å². The number of carbonyl (C=O) groups excluding carboxylic acids is 1. The maximum atomic E-state index is 12.6. The van der Waals surface area contributed by atoms with Gasteiger partial charge < -0.3 is 19.5 Å². The van der Waals surface area contributed by atoms with Gasteiger partial charge in [0.25, 0.3) is 5.91 Å². The highest BCUT2D eigenvalue weighted by Crippen LogP contribution is 2.36. The molecule has 0 saturated heterocycles. The van der Waals surface area contributed by atoms with E-state index < -0.39 is 0 Å². The molecule has 0 saturated carbocycles. The second kappa shape index (κ2) is 9.17.